The quantitative estimate of drug-likeness (QED) is 0.297. The molecule has 0 saturated carbocycles. The van der Waals surface area contributed by atoms with Crippen molar-refractivity contribution in [2.24, 2.45) is 0 Å². The van der Waals surface area contributed by atoms with Crippen LogP contribution in [0.1, 0.15) is 17.5 Å². The Morgan fingerprint density at radius 2 is 1.71 bits per heavy atom. The summed E-state index contributed by atoms with van der Waals surface area (Å²) in [6.45, 7) is 4.75. The molecular weight excluding hydrogens is 430 g/mol. The molecule has 24 heavy (non-hydrogen) atoms. The van der Waals surface area contributed by atoms with Crippen molar-refractivity contribution >= 4 is 20.1 Å². The van der Waals surface area contributed by atoms with Gasteiger partial charge in [0, 0.05) is 8.41 Å². The van der Waals surface area contributed by atoms with E-state index in [1.54, 1.807) is 0 Å². The summed E-state index contributed by atoms with van der Waals surface area (Å²) < 4.78 is 0. The molecule has 4 rings (SSSR count). The number of hydrogen-bond donors (Lipinski definition) is 0. The molecule has 0 heterocycles. The minimum Gasteiger partial charge on any atom is -1.00 e. The van der Waals surface area contributed by atoms with E-state index in [9.17, 15) is 0 Å². The van der Waals surface area contributed by atoms with E-state index in [1.165, 1.54) is 37.2 Å². The van der Waals surface area contributed by atoms with E-state index in [-0.39, 0.29) is 51.0 Å². The van der Waals surface area contributed by atoms with Crippen LogP contribution < -0.4 is 30.0 Å². The summed E-state index contributed by atoms with van der Waals surface area (Å²) in [5, 5.41) is 3.91. The summed E-state index contributed by atoms with van der Waals surface area (Å²) in [5.74, 6) is 0. The number of benzene rings is 2. The number of fused-ring (bicyclic) bond motifs is 2. The number of hydrogen-bond acceptors (Lipinski definition) is 0. The van der Waals surface area contributed by atoms with Crippen molar-refractivity contribution in [3.63, 3.8) is 0 Å². The first-order valence-corrected chi connectivity index (χ1v) is 9.96. The van der Waals surface area contributed by atoms with Gasteiger partial charge in [-0.25, -0.2) is 0 Å². The Morgan fingerprint density at radius 1 is 0.958 bits per heavy atom. The summed E-state index contributed by atoms with van der Waals surface area (Å²) in [4.78, 5) is 1.54. The fourth-order valence-electron chi connectivity index (χ4n) is 3.30. The Balaban J connectivity index is 0.000000960. The molecule has 0 aromatic heterocycles. The molecule has 2 aromatic carbocycles. The second kappa shape index (κ2) is 8.72. The van der Waals surface area contributed by atoms with Gasteiger partial charge in [0.2, 0.25) is 0 Å². The molecule has 119 valence electrons. The molecule has 4 heteroatoms. The molecule has 0 N–H and O–H groups in total. The van der Waals surface area contributed by atoms with Gasteiger partial charge in [-0.1, -0.05) is 77.6 Å². The SMILES string of the molecule is C[Si](C)=c1ccc2c(c1C1=CC=CC1)[C-]=c1ccccc1=2.[Cl-].[Cl-].[Zr+3]. The number of halogens is 2. The van der Waals surface area contributed by atoms with Crippen molar-refractivity contribution in [1.82, 2.24) is 0 Å². The molecule has 0 saturated heterocycles. The van der Waals surface area contributed by atoms with Gasteiger partial charge in [-0.2, -0.15) is 0 Å². The topological polar surface area (TPSA) is 0 Å². The second-order valence-corrected chi connectivity index (χ2v) is 8.44. The van der Waals surface area contributed by atoms with Gasteiger partial charge in [-0.15, -0.1) is 33.4 Å². The molecule has 2 aliphatic rings. The Bertz CT molecular complexity index is 1030. The van der Waals surface area contributed by atoms with Crippen molar-refractivity contribution in [3.8, 4) is 0 Å². The number of allylic oxidation sites excluding steroid dienone is 4. The van der Waals surface area contributed by atoms with Gasteiger partial charge >= 0.3 is 26.2 Å². The molecule has 0 atom stereocenters. The normalized spacial score (nSPS) is 12.7. The zero-order valence-corrected chi connectivity index (χ0v) is 18.6. The summed E-state index contributed by atoms with van der Waals surface area (Å²) in [6.07, 6.45) is 11.4. The third-order valence-corrected chi connectivity index (χ3v) is 5.81. The first-order chi connectivity index (χ1) is 10.3. The molecule has 0 fully saturated rings. The van der Waals surface area contributed by atoms with Crippen molar-refractivity contribution in [3.05, 3.63) is 86.2 Å². The van der Waals surface area contributed by atoms with Crippen molar-refractivity contribution in [2.75, 3.05) is 0 Å². The third kappa shape index (κ3) is 3.53. The van der Waals surface area contributed by atoms with Gasteiger partial charge in [0.05, 0.1) is 0 Å². The van der Waals surface area contributed by atoms with Crippen LogP contribution >= 0.6 is 0 Å². The van der Waals surface area contributed by atoms with Crippen LogP contribution in [0.25, 0.3) is 11.6 Å². The fourth-order valence-corrected chi connectivity index (χ4v) is 4.50. The average Bonchev–Trinajstić information content (AvgIpc) is 3.13. The maximum absolute atomic E-state index is 3.67. The fraction of sp³-hybridized carbons (Fsp3) is 0.150. The molecule has 0 nitrogen and oxygen atoms in total. The predicted molar refractivity (Wildman–Crippen MR) is 90.7 cm³/mol. The van der Waals surface area contributed by atoms with Crippen molar-refractivity contribution < 1.29 is 51.0 Å². The van der Waals surface area contributed by atoms with E-state index in [2.05, 4.69) is 73.8 Å². The molecule has 2 aliphatic carbocycles. The minimum atomic E-state index is -0.494. The maximum Gasteiger partial charge on any atom is 3.00 e. The summed E-state index contributed by atoms with van der Waals surface area (Å²) in [5.41, 5.74) is 4.22. The van der Waals surface area contributed by atoms with Gasteiger partial charge in [-0.3, -0.25) is 0 Å². The Morgan fingerprint density at radius 3 is 2.38 bits per heavy atom. The van der Waals surface area contributed by atoms with E-state index >= 15 is 0 Å². The Labute approximate surface area is 175 Å². The monoisotopic (exact) mass is 445 g/mol. The molecule has 1 radical (unpaired) electrons. The van der Waals surface area contributed by atoms with E-state index in [0.29, 0.717) is 0 Å². The largest absolute Gasteiger partial charge is 3.00 e. The molecule has 0 spiro atoms. The average molecular weight is 448 g/mol. The summed E-state index contributed by atoms with van der Waals surface area (Å²) >= 11 is 0. The van der Waals surface area contributed by atoms with E-state index in [0.717, 1.165) is 6.42 Å². The van der Waals surface area contributed by atoms with Crippen molar-refractivity contribution in [2.45, 2.75) is 19.5 Å². The molecular formula is C20H17Cl2SiZr. The minimum absolute atomic E-state index is 0. The van der Waals surface area contributed by atoms with E-state index in [1.807, 2.05) is 0 Å². The van der Waals surface area contributed by atoms with Crippen LogP contribution in [0.2, 0.25) is 13.1 Å². The zero-order valence-electron chi connectivity index (χ0n) is 13.7. The molecule has 0 aliphatic heterocycles. The summed E-state index contributed by atoms with van der Waals surface area (Å²) in [6, 6.07) is 13.3. The number of rotatable bonds is 1. The van der Waals surface area contributed by atoms with Gasteiger partial charge < -0.3 is 24.8 Å². The molecule has 0 unspecified atom stereocenters. The van der Waals surface area contributed by atoms with Crippen LogP contribution in [0.15, 0.2) is 54.6 Å². The second-order valence-electron chi connectivity index (χ2n) is 5.91. The van der Waals surface area contributed by atoms with Gasteiger partial charge in [0.15, 0.2) is 0 Å². The Hall–Kier alpha value is -0.530. The standard InChI is InChI=1S/C20H17Si.2ClH.Zr/c1-21(2)19-12-11-17-16-10-6-5-9-15(16)13-18(17)20(19)14-7-3-4-8-14;;;/h3-7,9-12H,8H2,1-2H3;2*1H;/q-1;;;+3/p-2. The van der Waals surface area contributed by atoms with Crippen molar-refractivity contribution in [1.29, 1.82) is 0 Å². The van der Waals surface area contributed by atoms with Gasteiger partial charge in [0.1, 0.15) is 0 Å². The predicted octanol–water partition coefficient (Wildman–Crippen LogP) is -2.07. The van der Waals surface area contributed by atoms with Gasteiger partial charge in [0.25, 0.3) is 0 Å². The van der Waals surface area contributed by atoms with Crippen LogP contribution in [0, 0.1) is 15.3 Å². The molecule has 0 bridgehead atoms. The zero-order chi connectivity index (χ0) is 14.4. The third-order valence-electron chi connectivity index (χ3n) is 4.31. The molecule has 2 aromatic rings. The van der Waals surface area contributed by atoms with E-state index in [4.69, 9.17) is 0 Å². The van der Waals surface area contributed by atoms with Crippen LogP contribution in [0.3, 0.4) is 0 Å². The first kappa shape index (κ1) is 21.5. The first-order valence-electron chi connectivity index (χ1n) is 7.46. The molecule has 0 amide bonds. The smallest absolute Gasteiger partial charge is 1.00 e. The van der Waals surface area contributed by atoms with Crippen LogP contribution in [0.4, 0.5) is 0 Å². The van der Waals surface area contributed by atoms with E-state index < -0.39 is 8.41 Å². The summed E-state index contributed by atoms with van der Waals surface area (Å²) in [7, 11) is -0.494. The maximum atomic E-state index is 3.67. The van der Waals surface area contributed by atoms with Gasteiger partial charge in [-0.05, 0) is 6.42 Å². The Kier molecular flexibility index (Phi) is 7.81. The van der Waals surface area contributed by atoms with Crippen LogP contribution in [-0.4, -0.2) is 8.41 Å². The van der Waals surface area contributed by atoms with Crippen LogP contribution in [0.5, 0.6) is 0 Å². The van der Waals surface area contributed by atoms with Crippen LogP contribution in [-0.2, 0) is 26.2 Å².